The number of rotatable bonds is 35. The number of amides is 6. The van der Waals surface area contributed by atoms with Gasteiger partial charge in [0.1, 0.15) is 0 Å². The highest BCUT2D eigenvalue weighted by molar-refractivity contribution is 5.87. The molecule has 0 aliphatic heterocycles. The summed E-state index contributed by atoms with van der Waals surface area (Å²) in [7, 11) is 0. The fourth-order valence-corrected chi connectivity index (χ4v) is 7.95. The molecule has 0 heterocycles. The molecule has 67 heavy (non-hydrogen) atoms. The second-order valence-electron chi connectivity index (χ2n) is 17.4. The van der Waals surface area contributed by atoms with Gasteiger partial charge in [-0.25, -0.2) is 0 Å². The fraction of sp³-hybridized carbons (Fsp3) is 0.529. The highest BCUT2D eigenvalue weighted by Gasteiger charge is 2.27. The van der Waals surface area contributed by atoms with E-state index >= 15 is 0 Å². The molecular weight excluding hydrogens is 849 g/mol. The molecule has 16 nitrogen and oxygen atoms in total. The van der Waals surface area contributed by atoms with Crippen LogP contribution in [0.5, 0.6) is 0 Å². The first-order valence-electron chi connectivity index (χ1n) is 24.1. The summed E-state index contributed by atoms with van der Waals surface area (Å²) in [6.07, 6.45) is 7.65. The molecule has 0 fully saturated rings. The van der Waals surface area contributed by atoms with Gasteiger partial charge in [-0.3, -0.25) is 28.8 Å². The first-order valence-corrected chi connectivity index (χ1v) is 24.1. The van der Waals surface area contributed by atoms with E-state index in [0.717, 1.165) is 29.5 Å². The van der Waals surface area contributed by atoms with Crippen LogP contribution >= 0.6 is 0 Å². The van der Waals surface area contributed by atoms with Crippen molar-refractivity contribution in [2.24, 2.45) is 28.7 Å². The maximum Gasteiger partial charge on any atom is 0.239 e. The number of unbranched alkanes of at least 4 members (excludes halogenated alkanes) is 3. The van der Waals surface area contributed by atoms with Crippen LogP contribution in [0.2, 0.25) is 0 Å². The quantitative estimate of drug-likeness (QED) is 0.0424. The maximum atomic E-state index is 14.2. The molecule has 0 spiro atoms. The Bertz CT molecular complexity index is 1890. The van der Waals surface area contributed by atoms with Crippen molar-refractivity contribution < 1.29 is 28.8 Å². The summed E-state index contributed by atoms with van der Waals surface area (Å²) in [5.74, 6) is -2.32. The molecule has 0 aromatic heterocycles. The van der Waals surface area contributed by atoms with Crippen molar-refractivity contribution in [2.75, 3.05) is 58.9 Å². The van der Waals surface area contributed by atoms with Gasteiger partial charge in [-0.05, 0) is 94.1 Å². The topological polar surface area (TPSA) is 266 Å². The third kappa shape index (κ3) is 24.1. The molecule has 0 unspecified atom stereocenters. The van der Waals surface area contributed by atoms with Crippen LogP contribution in [0.25, 0.3) is 0 Å². The number of nitrogens with one attached hydrogen (secondary N) is 2. The van der Waals surface area contributed by atoms with Crippen molar-refractivity contribution in [1.29, 1.82) is 0 Å². The van der Waals surface area contributed by atoms with Crippen LogP contribution in [0.15, 0.2) is 91.0 Å². The molecule has 6 amide bonds. The molecule has 0 bridgehead atoms. The Morgan fingerprint density at radius 2 is 0.776 bits per heavy atom. The van der Waals surface area contributed by atoms with Crippen LogP contribution in [-0.2, 0) is 48.0 Å². The normalized spacial score (nSPS) is 12.4. The molecule has 0 aliphatic carbocycles. The van der Waals surface area contributed by atoms with Gasteiger partial charge in [0.15, 0.2) is 0 Å². The van der Waals surface area contributed by atoms with Gasteiger partial charge in [0.2, 0.25) is 35.4 Å². The molecule has 0 radical (unpaired) electrons. The van der Waals surface area contributed by atoms with Gasteiger partial charge < -0.3 is 54.0 Å². The Morgan fingerprint density at radius 1 is 0.448 bits per heavy atom. The molecular formula is C51H78N10O6. The number of benzene rings is 3. The largest absolute Gasteiger partial charge is 0.368 e. The van der Waals surface area contributed by atoms with E-state index in [9.17, 15) is 28.8 Å². The number of hydrogen-bond acceptors (Lipinski definition) is 10. The SMILES string of the molecule is NCCCC[C@H](N)CN(CC(=O)N[C@@H](CCCCN)CN(CC(=O)N[C@@H](CCCCN)CN(CC(N)=O)C(=O)CCc1ccccc1)C(=O)CCc1ccccc1)C(=O)CCc1ccccc1. The Hall–Kier alpha value is -5.68. The van der Waals surface area contributed by atoms with Crippen molar-refractivity contribution in [3.63, 3.8) is 0 Å². The minimum Gasteiger partial charge on any atom is -0.368 e. The molecule has 0 aliphatic rings. The van der Waals surface area contributed by atoms with E-state index in [2.05, 4.69) is 10.6 Å². The predicted octanol–water partition coefficient (Wildman–Crippen LogP) is 2.54. The van der Waals surface area contributed by atoms with Crippen molar-refractivity contribution in [3.05, 3.63) is 108 Å². The predicted molar refractivity (Wildman–Crippen MR) is 264 cm³/mol. The standard InChI is InChI=1S/C51H78N10O6/c52-31-13-10-22-43(55)34-59(49(65)28-25-40-16-4-1-5-17-40)38-47(63)58-45(24-12-15-33-54)36-61(51(67)30-27-42-20-8-3-9-21-42)39-48(64)57-44(23-11-14-32-53)35-60(37-46(56)62)50(66)29-26-41-18-6-2-7-19-41/h1-9,16-21,43-45H,10-15,22-39,52-55H2,(H2,56,62)(H,57,64)(H,58,63)/t43-,44-,45-/m0/s1. The number of carbonyl (C=O) groups excluding carboxylic acids is 6. The minimum absolute atomic E-state index is 0.0154. The Kier molecular flexibility index (Phi) is 27.3. The molecule has 3 rings (SSSR count). The van der Waals surface area contributed by atoms with Crippen molar-refractivity contribution >= 4 is 35.4 Å². The van der Waals surface area contributed by atoms with E-state index in [4.69, 9.17) is 28.7 Å². The highest BCUT2D eigenvalue weighted by Crippen LogP contribution is 2.13. The smallest absolute Gasteiger partial charge is 0.239 e. The van der Waals surface area contributed by atoms with Gasteiger partial charge >= 0.3 is 0 Å². The molecule has 3 atom stereocenters. The number of hydrogen-bond donors (Lipinski definition) is 7. The second-order valence-corrected chi connectivity index (χ2v) is 17.4. The van der Waals surface area contributed by atoms with Gasteiger partial charge in [-0.1, -0.05) is 110 Å². The molecule has 0 saturated carbocycles. The third-order valence-electron chi connectivity index (χ3n) is 11.6. The zero-order valence-electron chi connectivity index (χ0n) is 39.5. The average Bonchev–Trinajstić information content (AvgIpc) is 3.32. The summed E-state index contributed by atoms with van der Waals surface area (Å²) in [5, 5.41) is 6.14. The summed E-state index contributed by atoms with van der Waals surface area (Å²) in [4.78, 5) is 86.1. The van der Waals surface area contributed by atoms with Gasteiger partial charge in [0, 0.05) is 57.0 Å². The van der Waals surface area contributed by atoms with Crippen molar-refractivity contribution in [3.8, 4) is 0 Å². The summed E-state index contributed by atoms with van der Waals surface area (Å²) in [5.41, 5.74) is 32.4. The lowest BCUT2D eigenvalue weighted by atomic mass is 10.1. The number of primary amides is 1. The Balaban J connectivity index is 1.84. The van der Waals surface area contributed by atoms with Gasteiger partial charge in [0.25, 0.3) is 0 Å². The van der Waals surface area contributed by atoms with E-state index < -0.39 is 29.8 Å². The van der Waals surface area contributed by atoms with Crippen molar-refractivity contribution in [1.82, 2.24) is 25.3 Å². The van der Waals surface area contributed by atoms with Gasteiger partial charge in [0.05, 0.1) is 19.6 Å². The Labute approximate surface area is 398 Å². The van der Waals surface area contributed by atoms with E-state index in [-0.39, 0.29) is 82.3 Å². The summed E-state index contributed by atoms with van der Waals surface area (Å²) < 4.78 is 0. The van der Waals surface area contributed by atoms with Gasteiger partial charge in [-0.15, -0.1) is 0 Å². The summed E-state index contributed by atoms with van der Waals surface area (Å²) >= 11 is 0. The van der Waals surface area contributed by atoms with Crippen LogP contribution < -0.4 is 39.3 Å². The van der Waals surface area contributed by atoms with Crippen LogP contribution in [0.1, 0.15) is 93.7 Å². The Morgan fingerprint density at radius 3 is 1.12 bits per heavy atom. The monoisotopic (exact) mass is 927 g/mol. The zero-order chi connectivity index (χ0) is 48.7. The van der Waals surface area contributed by atoms with Crippen LogP contribution in [0.3, 0.4) is 0 Å². The average molecular weight is 927 g/mol. The van der Waals surface area contributed by atoms with E-state index in [1.165, 1.54) is 14.7 Å². The minimum atomic E-state index is -0.678. The fourth-order valence-electron chi connectivity index (χ4n) is 7.95. The lowest BCUT2D eigenvalue weighted by Gasteiger charge is -2.31. The summed E-state index contributed by atoms with van der Waals surface area (Å²) in [6.45, 7) is 0.761. The van der Waals surface area contributed by atoms with Crippen LogP contribution in [0, 0.1) is 0 Å². The number of carbonyl (C=O) groups is 6. The second kappa shape index (κ2) is 32.9. The zero-order valence-corrected chi connectivity index (χ0v) is 39.5. The maximum absolute atomic E-state index is 14.2. The van der Waals surface area contributed by atoms with E-state index in [1.54, 1.807) is 0 Å². The molecule has 368 valence electrons. The summed E-state index contributed by atoms with van der Waals surface area (Å²) in [6, 6.07) is 27.2. The van der Waals surface area contributed by atoms with Crippen LogP contribution in [0.4, 0.5) is 0 Å². The molecule has 3 aromatic carbocycles. The lowest BCUT2D eigenvalue weighted by Crippen LogP contribution is -2.53. The number of nitrogens with zero attached hydrogens (tertiary/aromatic N) is 3. The number of nitrogens with two attached hydrogens (primary N) is 5. The van der Waals surface area contributed by atoms with E-state index in [1.807, 2.05) is 91.0 Å². The lowest BCUT2D eigenvalue weighted by molar-refractivity contribution is -0.138. The first-order chi connectivity index (χ1) is 32.4. The number of aryl methyl sites for hydroxylation is 3. The molecule has 16 heteroatoms. The molecule has 3 aromatic rings. The highest BCUT2D eigenvalue weighted by atomic mass is 16.2. The molecule has 12 N–H and O–H groups in total. The van der Waals surface area contributed by atoms with Gasteiger partial charge in [-0.2, -0.15) is 0 Å². The first kappa shape index (κ1) is 55.6. The third-order valence-corrected chi connectivity index (χ3v) is 11.6. The molecule has 0 saturated heterocycles. The van der Waals surface area contributed by atoms with E-state index in [0.29, 0.717) is 83.8 Å². The van der Waals surface area contributed by atoms with Crippen LogP contribution in [-0.4, -0.2) is 127 Å². The van der Waals surface area contributed by atoms with Crippen molar-refractivity contribution in [2.45, 2.75) is 114 Å².